The average molecular weight is 328 g/mol. The zero-order valence-electron chi connectivity index (χ0n) is 14.4. The SMILES string of the molecule is C1CCC(OC2CCCCO2)OC1.CO.CO.c1ccccc1. The molecule has 0 saturated carbocycles. The van der Waals surface area contributed by atoms with Crippen LogP contribution in [-0.4, -0.2) is 50.2 Å². The molecule has 5 heteroatoms. The van der Waals surface area contributed by atoms with Gasteiger partial charge in [0.25, 0.3) is 0 Å². The van der Waals surface area contributed by atoms with Crippen LogP contribution in [0.5, 0.6) is 0 Å². The van der Waals surface area contributed by atoms with E-state index in [1.165, 1.54) is 25.7 Å². The van der Waals surface area contributed by atoms with Gasteiger partial charge in [0.1, 0.15) is 0 Å². The Hall–Kier alpha value is -0.980. The summed E-state index contributed by atoms with van der Waals surface area (Å²) < 4.78 is 16.6. The van der Waals surface area contributed by atoms with Crippen LogP contribution in [-0.2, 0) is 14.2 Å². The fourth-order valence-electron chi connectivity index (χ4n) is 2.19. The first-order valence-electron chi connectivity index (χ1n) is 8.23. The molecule has 1 aromatic carbocycles. The van der Waals surface area contributed by atoms with Gasteiger partial charge in [-0.3, -0.25) is 0 Å². The Morgan fingerprint density at radius 3 is 1.26 bits per heavy atom. The van der Waals surface area contributed by atoms with Gasteiger partial charge in [0, 0.05) is 27.4 Å². The van der Waals surface area contributed by atoms with Crippen molar-refractivity contribution in [2.24, 2.45) is 0 Å². The highest BCUT2D eigenvalue weighted by Gasteiger charge is 2.21. The molecule has 0 amide bonds. The van der Waals surface area contributed by atoms with Gasteiger partial charge in [-0.2, -0.15) is 0 Å². The molecule has 0 bridgehead atoms. The van der Waals surface area contributed by atoms with Gasteiger partial charge in [0.2, 0.25) is 0 Å². The summed E-state index contributed by atoms with van der Waals surface area (Å²) >= 11 is 0. The molecule has 5 nitrogen and oxygen atoms in total. The minimum Gasteiger partial charge on any atom is -0.400 e. The minimum atomic E-state index is -0.00292. The molecule has 134 valence electrons. The molecule has 3 rings (SSSR count). The van der Waals surface area contributed by atoms with E-state index in [1.807, 2.05) is 36.4 Å². The zero-order valence-corrected chi connectivity index (χ0v) is 14.4. The van der Waals surface area contributed by atoms with Crippen molar-refractivity contribution in [2.45, 2.75) is 51.1 Å². The molecule has 0 spiro atoms. The van der Waals surface area contributed by atoms with Crippen molar-refractivity contribution in [3.8, 4) is 0 Å². The Morgan fingerprint density at radius 1 is 0.652 bits per heavy atom. The van der Waals surface area contributed by atoms with Crippen LogP contribution in [0.1, 0.15) is 38.5 Å². The molecule has 23 heavy (non-hydrogen) atoms. The maximum absolute atomic E-state index is 7.00. The standard InChI is InChI=1S/C10H18O3.C6H6.2CH4O/c1-3-7-11-9(5-1)13-10-6-2-4-8-12-10;1-2-4-6-5-3-1;2*1-2/h9-10H,1-8H2;1-6H;2*2H,1H3. The maximum Gasteiger partial charge on any atom is 0.160 e. The summed E-state index contributed by atoms with van der Waals surface area (Å²) in [5, 5.41) is 14.0. The second-order valence-corrected chi connectivity index (χ2v) is 4.88. The summed E-state index contributed by atoms with van der Waals surface area (Å²) in [4.78, 5) is 0. The van der Waals surface area contributed by atoms with Crippen LogP contribution in [0.3, 0.4) is 0 Å². The van der Waals surface area contributed by atoms with Crippen molar-refractivity contribution in [1.82, 2.24) is 0 Å². The van der Waals surface area contributed by atoms with E-state index in [0.717, 1.165) is 40.3 Å². The molecule has 2 aliphatic heterocycles. The van der Waals surface area contributed by atoms with E-state index in [4.69, 9.17) is 24.4 Å². The monoisotopic (exact) mass is 328 g/mol. The second kappa shape index (κ2) is 17.4. The van der Waals surface area contributed by atoms with Gasteiger partial charge in [-0.05, 0) is 38.5 Å². The summed E-state index contributed by atoms with van der Waals surface area (Å²) in [5.74, 6) is 0. The van der Waals surface area contributed by atoms with Crippen molar-refractivity contribution >= 4 is 0 Å². The largest absolute Gasteiger partial charge is 0.400 e. The molecular weight excluding hydrogens is 296 g/mol. The van der Waals surface area contributed by atoms with Gasteiger partial charge in [-0.25, -0.2) is 0 Å². The van der Waals surface area contributed by atoms with Crippen LogP contribution in [0.2, 0.25) is 0 Å². The highest BCUT2D eigenvalue weighted by molar-refractivity contribution is 4.99. The van der Waals surface area contributed by atoms with Crippen LogP contribution >= 0.6 is 0 Å². The Bertz CT molecular complexity index is 266. The quantitative estimate of drug-likeness (QED) is 0.873. The van der Waals surface area contributed by atoms with Crippen LogP contribution in [0.15, 0.2) is 36.4 Å². The molecule has 2 N–H and O–H groups in total. The van der Waals surface area contributed by atoms with Gasteiger partial charge in [-0.15, -0.1) is 0 Å². The van der Waals surface area contributed by atoms with Crippen molar-refractivity contribution in [2.75, 3.05) is 27.4 Å². The summed E-state index contributed by atoms with van der Waals surface area (Å²) in [6, 6.07) is 12.0. The molecule has 0 radical (unpaired) electrons. The summed E-state index contributed by atoms with van der Waals surface area (Å²) in [7, 11) is 2.00. The maximum atomic E-state index is 7.00. The predicted octanol–water partition coefficient (Wildman–Crippen LogP) is 2.96. The summed E-state index contributed by atoms with van der Waals surface area (Å²) in [6.07, 6.45) is 6.83. The number of hydrogen-bond acceptors (Lipinski definition) is 5. The third-order valence-electron chi connectivity index (χ3n) is 3.25. The molecule has 2 aliphatic rings. The number of ether oxygens (including phenoxy) is 3. The highest BCUT2D eigenvalue weighted by atomic mass is 16.8. The third kappa shape index (κ3) is 12.1. The predicted molar refractivity (Wildman–Crippen MR) is 91.0 cm³/mol. The van der Waals surface area contributed by atoms with Crippen LogP contribution in [0.4, 0.5) is 0 Å². The van der Waals surface area contributed by atoms with Gasteiger partial charge in [0.15, 0.2) is 12.6 Å². The molecule has 0 aliphatic carbocycles. The Kier molecular flexibility index (Phi) is 16.6. The van der Waals surface area contributed by atoms with E-state index < -0.39 is 0 Å². The summed E-state index contributed by atoms with van der Waals surface area (Å²) in [5.41, 5.74) is 0. The van der Waals surface area contributed by atoms with Crippen molar-refractivity contribution in [3.05, 3.63) is 36.4 Å². The fraction of sp³-hybridized carbons (Fsp3) is 0.667. The van der Waals surface area contributed by atoms with E-state index in [1.54, 1.807) is 0 Å². The molecule has 2 fully saturated rings. The molecule has 2 atom stereocenters. The highest BCUT2D eigenvalue weighted by Crippen LogP contribution is 2.20. The molecule has 2 heterocycles. The molecule has 2 unspecified atom stereocenters. The van der Waals surface area contributed by atoms with Crippen molar-refractivity contribution < 1.29 is 24.4 Å². The first-order chi connectivity index (χ1) is 11.4. The van der Waals surface area contributed by atoms with E-state index in [-0.39, 0.29) is 12.6 Å². The molecule has 0 aromatic heterocycles. The Balaban J connectivity index is 0.000000407. The first-order valence-corrected chi connectivity index (χ1v) is 8.23. The van der Waals surface area contributed by atoms with Gasteiger partial charge < -0.3 is 24.4 Å². The van der Waals surface area contributed by atoms with Crippen LogP contribution < -0.4 is 0 Å². The number of rotatable bonds is 2. The topological polar surface area (TPSA) is 68.2 Å². The fourth-order valence-corrected chi connectivity index (χ4v) is 2.19. The first kappa shape index (κ1) is 22.0. The molecule has 1 aromatic rings. The minimum absolute atomic E-state index is 0.00292. The number of hydrogen-bond donors (Lipinski definition) is 2. The van der Waals surface area contributed by atoms with Crippen molar-refractivity contribution in [1.29, 1.82) is 0 Å². The molecular formula is C18H32O5. The van der Waals surface area contributed by atoms with E-state index in [2.05, 4.69) is 0 Å². The van der Waals surface area contributed by atoms with E-state index in [0.29, 0.717) is 0 Å². The Labute approximate surface area is 140 Å². The van der Waals surface area contributed by atoms with E-state index >= 15 is 0 Å². The normalized spacial score (nSPS) is 23.0. The lowest BCUT2D eigenvalue weighted by molar-refractivity contribution is -0.264. The average Bonchev–Trinajstić information content (AvgIpc) is 2.69. The lowest BCUT2D eigenvalue weighted by Crippen LogP contribution is -2.31. The molecule has 2 saturated heterocycles. The lowest BCUT2D eigenvalue weighted by atomic mass is 10.2. The van der Waals surface area contributed by atoms with Crippen LogP contribution in [0, 0.1) is 0 Å². The van der Waals surface area contributed by atoms with Crippen molar-refractivity contribution in [3.63, 3.8) is 0 Å². The number of aliphatic hydroxyl groups excluding tert-OH is 2. The van der Waals surface area contributed by atoms with Gasteiger partial charge in [-0.1, -0.05) is 36.4 Å². The number of benzene rings is 1. The zero-order chi connectivity index (χ0) is 17.2. The second-order valence-electron chi connectivity index (χ2n) is 4.88. The Morgan fingerprint density at radius 2 is 1.00 bits per heavy atom. The van der Waals surface area contributed by atoms with Crippen LogP contribution in [0.25, 0.3) is 0 Å². The lowest BCUT2D eigenvalue weighted by Gasteiger charge is -2.29. The summed E-state index contributed by atoms with van der Waals surface area (Å²) in [6.45, 7) is 1.69. The third-order valence-corrected chi connectivity index (χ3v) is 3.25. The van der Waals surface area contributed by atoms with Gasteiger partial charge >= 0.3 is 0 Å². The van der Waals surface area contributed by atoms with E-state index in [9.17, 15) is 0 Å². The van der Waals surface area contributed by atoms with Gasteiger partial charge in [0.05, 0.1) is 0 Å². The number of aliphatic hydroxyl groups is 2. The smallest absolute Gasteiger partial charge is 0.160 e.